The van der Waals surface area contributed by atoms with Gasteiger partial charge in [-0.15, -0.1) is 0 Å². The predicted octanol–water partition coefficient (Wildman–Crippen LogP) is 4.65. The number of likely N-dealkylation sites (tertiary alicyclic amines) is 1. The average molecular weight is 374 g/mol. The molecule has 0 aliphatic carbocycles. The topological polar surface area (TPSA) is 38.8 Å². The quantitative estimate of drug-likeness (QED) is 0.739. The average Bonchev–Trinajstić information content (AvgIpc) is 3.16. The fourth-order valence-corrected chi connectivity index (χ4v) is 3.79. The molecule has 0 unspecified atom stereocenters. The summed E-state index contributed by atoms with van der Waals surface area (Å²) < 4.78 is 10.7. The number of carbonyl (C=O) groups is 1. The second-order valence-corrected chi connectivity index (χ2v) is 6.86. The van der Waals surface area contributed by atoms with Crippen LogP contribution in [0.15, 0.2) is 42.5 Å². The van der Waals surface area contributed by atoms with E-state index in [1.54, 1.807) is 14.2 Å². The van der Waals surface area contributed by atoms with Crippen LogP contribution in [0, 0.1) is 0 Å². The molecule has 1 amide bonds. The second-order valence-electron chi connectivity index (χ2n) is 6.45. The molecule has 3 rings (SSSR count). The van der Waals surface area contributed by atoms with Crippen LogP contribution in [0.1, 0.15) is 36.4 Å². The summed E-state index contributed by atoms with van der Waals surface area (Å²) in [6, 6.07) is 13.7. The summed E-state index contributed by atoms with van der Waals surface area (Å²) in [5.74, 6) is 1.56. The number of nitrogens with zero attached hydrogens (tertiary/aromatic N) is 1. The van der Waals surface area contributed by atoms with Crippen molar-refractivity contribution in [3.63, 3.8) is 0 Å². The molecule has 0 spiro atoms. The molecule has 1 fully saturated rings. The molecule has 2 aromatic rings. The van der Waals surface area contributed by atoms with Gasteiger partial charge in [0.15, 0.2) is 11.5 Å². The van der Waals surface area contributed by atoms with Gasteiger partial charge in [-0.2, -0.15) is 0 Å². The lowest BCUT2D eigenvalue weighted by atomic mass is 10.0. The van der Waals surface area contributed by atoms with Crippen molar-refractivity contribution in [3.05, 3.63) is 58.6 Å². The van der Waals surface area contributed by atoms with Crippen LogP contribution in [-0.4, -0.2) is 31.6 Å². The van der Waals surface area contributed by atoms with Gasteiger partial charge in [-0.25, -0.2) is 0 Å². The molecule has 0 N–H and O–H groups in total. The second kappa shape index (κ2) is 8.45. The largest absolute Gasteiger partial charge is 0.493 e. The monoisotopic (exact) mass is 373 g/mol. The third kappa shape index (κ3) is 3.96. The Labute approximate surface area is 159 Å². The van der Waals surface area contributed by atoms with E-state index < -0.39 is 0 Å². The van der Waals surface area contributed by atoms with Crippen molar-refractivity contribution in [2.45, 2.75) is 31.7 Å². The van der Waals surface area contributed by atoms with Crippen molar-refractivity contribution >= 4 is 17.5 Å². The lowest BCUT2D eigenvalue weighted by Gasteiger charge is -2.26. The number of carbonyl (C=O) groups excluding carboxylic acids is 1. The van der Waals surface area contributed by atoms with Gasteiger partial charge in [0.25, 0.3) is 0 Å². The highest BCUT2D eigenvalue weighted by Gasteiger charge is 2.30. The van der Waals surface area contributed by atoms with Gasteiger partial charge in [0, 0.05) is 18.0 Å². The minimum Gasteiger partial charge on any atom is -0.493 e. The fourth-order valence-electron chi connectivity index (χ4n) is 3.56. The molecule has 26 heavy (non-hydrogen) atoms. The molecule has 1 heterocycles. The van der Waals surface area contributed by atoms with Crippen LogP contribution in [0.3, 0.4) is 0 Å². The van der Waals surface area contributed by atoms with E-state index in [1.165, 1.54) is 0 Å². The van der Waals surface area contributed by atoms with Gasteiger partial charge in [-0.3, -0.25) is 4.79 Å². The van der Waals surface area contributed by atoms with Crippen LogP contribution in [0.25, 0.3) is 0 Å². The van der Waals surface area contributed by atoms with Crippen LogP contribution in [0.2, 0.25) is 5.02 Å². The van der Waals surface area contributed by atoms with E-state index in [2.05, 4.69) is 0 Å². The lowest BCUT2D eigenvalue weighted by molar-refractivity contribution is -0.132. The Hall–Kier alpha value is -2.20. The molecule has 1 saturated heterocycles. The van der Waals surface area contributed by atoms with Gasteiger partial charge < -0.3 is 14.4 Å². The van der Waals surface area contributed by atoms with E-state index in [0.29, 0.717) is 24.3 Å². The third-order valence-corrected chi connectivity index (χ3v) is 5.30. The Kier molecular flexibility index (Phi) is 6.04. The van der Waals surface area contributed by atoms with E-state index in [1.807, 2.05) is 47.4 Å². The Morgan fingerprint density at radius 3 is 2.65 bits per heavy atom. The number of amides is 1. The normalized spacial score (nSPS) is 16.6. The number of halogens is 1. The van der Waals surface area contributed by atoms with Crippen LogP contribution in [0.5, 0.6) is 11.5 Å². The molecule has 0 saturated carbocycles. The summed E-state index contributed by atoms with van der Waals surface area (Å²) >= 11 is 6.20. The molecule has 1 atom stereocenters. The standard InChI is InChI=1S/C21H24ClNO3/c1-25-19-11-9-16(14-20(19)26-2)18-8-5-13-23(18)21(24)12-10-15-6-3-4-7-17(15)22/h3-4,6-7,9,11,14,18H,5,8,10,12-13H2,1-2H3/t18-/m1/s1. The number of ether oxygens (including phenoxy) is 2. The molecule has 1 aliphatic heterocycles. The van der Waals surface area contributed by atoms with E-state index in [0.717, 1.165) is 35.5 Å². The zero-order valence-electron chi connectivity index (χ0n) is 15.2. The SMILES string of the molecule is COc1ccc([C@H]2CCCN2C(=O)CCc2ccccc2Cl)cc1OC. The van der Waals surface area contributed by atoms with Crippen molar-refractivity contribution in [2.75, 3.05) is 20.8 Å². The Balaban J connectivity index is 1.71. The zero-order chi connectivity index (χ0) is 18.5. The summed E-state index contributed by atoms with van der Waals surface area (Å²) in [5, 5.41) is 0.721. The molecule has 1 aliphatic rings. The van der Waals surface area contributed by atoms with Gasteiger partial charge in [0.05, 0.1) is 20.3 Å². The minimum atomic E-state index is 0.0913. The van der Waals surface area contributed by atoms with E-state index in [9.17, 15) is 4.79 Å². The highest BCUT2D eigenvalue weighted by Crippen LogP contribution is 2.37. The summed E-state index contributed by atoms with van der Waals surface area (Å²) in [6.45, 7) is 0.792. The van der Waals surface area contributed by atoms with Crippen LogP contribution in [0.4, 0.5) is 0 Å². The minimum absolute atomic E-state index is 0.0913. The van der Waals surface area contributed by atoms with Gasteiger partial charge in [0.2, 0.25) is 5.91 Å². The van der Waals surface area contributed by atoms with Crippen molar-refractivity contribution in [2.24, 2.45) is 0 Å². The maximum atomic E-state index is 12.8. The van der Waals surface area contributed by atoms with Gasteiger partial charge in [-0.1, -0.05) is 35.9 Å². The maximum absolute atomic E-state index is 12.8. The molecular weight excluding hydrogens is 350 g/mol. The number of methoxy groups -OCH3 is 2. The Morgan fingerprint density at radius 2 is 1.92 bits per heavy atom. The van der Waals surface area contributed by atoms with Crippen LogP contribution >= 0.6 is 11.6 Å². The summed E-state index contributed by atoms with van der Waals surface area (Å²) in [7, 11) is 3.25. The van der Waals surface area contributed by atoms with Gasteiger partial charge >= 0.3 is 0 Å². The van der Waals surface area contributed by atoms with E-state index >= 15 is 0 Å². The summed E-state index contributed by atoms with van der Waals surface area (Å²) in [4.78, 5) is 14.8. The van der Waals surface area contributed by atoms with Crippen molar-refractivity contribution in [1.29, 1.82) is 0 Å². The molecule has 4 nitrogen and oxygen atoms in total. The number of rotatable bonds is 6. The van der Waals surface area contributed by atoms with E-state index in [4.69, 9.17) is 21.1 Å². The first-order valence-electron chi connectivity index (χ1n) is 8.89. The highest BCUT2D eigenvalue weighted by atomic mass is 35.5. The zero-order valence-corrected chi connectivity index (χ0v) is 16.0. The molecule has 2 aromatic carbocycles. The first-order valence-corrected chi connectivity index (χ1v) is 9.26. The highest BCUT2D eigenvalue weighted by molar-refractivity contribution is 6.31. The Morgan fingerprint density at radius 1 is 1.15 bits per heavy atom. The summed E-state index contributed by atoms with van der Waals surface area (Å²) in [5.41, 5.74) is 2.11. The number of benzene rings is 2. The van der Waals surface area contributed by atoms with Gasteiger partial charge in [0.1, 0.15) is 0 Å². The predicted molar refractivity (Wildman–Crippen MR) is 103 cm³/mol. The molecule has 0 radical (unpaired) electrons. The first-order chi connectivity index (χ1) is 12.6. The van der Waals surface area contributed by atoms with Crippen LogP contribution in [-0.2, 0) is 11.2 Å². The molecule has 5 heteroatoms. The smallest absolute Gasteiger partial charge is 0.223 e. The maximum Gasteiger partial charge on any atom is 0.223 e. The molecular formula is C21H24ClNO3. The van der Waals surface area contributed by atoms with Crippen molar-refractivity contribution in [3.8, 4) is 11.5 Å². The molecule has 0 bridgehead atoms. The molecule has 0 aromatic heterocycles. The first kappa shape index (κ1) is 18.6. The van der Waals surface area contributed by atoms with Crippen molar-refractivity contribution < 1.29 is 14.3 Å². The fraction of sp³-hybridized carbons (Fsp3) is 0.381. The van der Waals surface area contributed by atoms with Crippen molar-refractivity contribution in [1.82, 2.24) is 4.90 Å². The number of aryl methyl sites for hydroxylation is 1. The number of hydrogen-bond acceptors (Lipinski definition) is 3. The van der Waals surface area contributed by atoms with Gasteiger partial charge in [-0.05, 0) is 48.6 Å². The lowest BCUT2D eigenvalue weighted by Crippen LogP contribution is -2.30. The summed E-state index contributed by atoms with van der Waals surface area (Å²) in [6.07, 6.45) is 3.10. The third-order valence-electron chi connectivity index (χ3n) is 4.93. The Bertz CT molecular complexity index is 778. The number of hydrogen-bond donors (Lipinski definition) is 0. The van der Waals surface area contributed by atoms with Crippen LogP contribution < -0.4 is 9.47 Å². The molecule has 138 valence electrons. The van der Waals surface area contributed by atoms with E-state index in [-0.39, 0.29) is 11.9 Å².